The molecule has 0 saturated carbocycles. The van der Waals surface area contributed by atoms with E-state index in [1.54, 1.807) is 11.1 Å². The highest BCUT2D eigenvalue weighted by atomic mass is 16.5. The van der Waals surface area contributed by atoms with Crippen molar-refractivity contribution in [2.24, 2.45) is 0 Å². The van der Waals surface area contributed by atoms with Crippen molar-refractivity contribution in [2.45, 2.75) is 18.9 Å². The first-order valence-electron chi connectivity index (χ1n) is 10.7. The molecule has 2 N–H and O–H groups in total. The minimum Gasteiger partial charge on any atom is -0.456 e. The Balaban J connectivity index is 1.50. The van der Waals surface area contributed by atoms with E-state index in [2.05, 4.69) is 21.5 Å². The molecule has 0 bridgehead atoms. The van der Waals surface area contributed by atoms with Crippen LogP contribution in [0.25, 0.3) is 22.4 Å². The van der Waals surface area contributed by atoms with Crippen LogP contribution >= 0.6 is 0 Å². The van der Waals surface area contributed by atoms with E-state index in [1.165, 1.54) is 12.4 Å². The number of pyridine rings is 1. The van der Waals surface area contributed by atoms with E-state index in [0.29, 0.717) is 47.1 Å². The number of nitrogens with two attached hydrogens (primary N) is 1. The van der Waals surface area contributed by atoms with Gasteiger partial charge in [0.05, 0.1) is 23.3 Å². The number of para-hydroxylation sites is 1. The number of amides is 1. The quantitative estimate of drug-likeness (QED) is 0.471. The first-order chi connectivity index (χ1) is 16.1. The molecule has 4 aromatic rings. The average Bonchev–Trinajstić information content (AvgIpc) is 3.26. The topological polar surface area (TPSA) is 112 Å². The van der Waals surface area contributed by atoms with Crippen LogP contribution in [0.5, 0.6) is 11.5 Å². The molecule has 0 radical (unpaired) electrons. The van der Waals surface area contributed by atoms with Gasteiger partial charge in [0.2, 0.25) is 5.91 Å². The van der Waals surface area contributed by atoms with Gasteiger partial charge in [0.25, 0.3) is 0 Å². The lowest BCUT2D eigenvalue weighted by atomic mass is 10.1. The van der Waals surface area contributed by atoms with Gasteiger partial charge >= 0.3 is 0 Å². The minimum absolute atomic E-state index is 0.0334. The molecule has 1 fully saturated rings. The molecule has 5 rings (SSSR count). The van der Waals surface area contributed by atoms with Crippen molar-refractivity contribution in [3.8, 4) is 22.9 Å². The Kier molecular flexibility index (Phi) is 5.43. The molecule has 1 atom stereocenters. The van der Waals surface area contributed by atoms with Crippen molar-refractivity contribution in [3.05, 3.63) is 67.6 Å². The lowest BCUT2D eigenvalue weighted by molar-refractivity contribution is -0.127. The van der Waals surface area contributed by atoms with Crippen molar-refractivity contribution in [3.63, 3.8) is 0 Å². The highest BCUT2D eigenvalue weighted by Gasteiger charge is 2.28. The highest BCUT2D eigenvalue weighted by Crippen LogP contribution is 2.33. The van der Waals surface area contributed by atoms with Crippen LogP contribution < -0.4 is 10.5 Å². The predicted molar refractivity (Wildman–Crippen MR) is 125 cm³/mol. The Bertz CT molecular complexity index is 1300. The molecule has 0 unspecified atom stereocenters. The number of carbonyl (C=O) groups is 1. The number of likely N-dealkylation sites (tertiary alicyclic amines) is 1. The van der Waals surface area contributed by atoms with Crippen LogP contribution in [0, 0.1) is 0 Å². The van der Waals surface area contributed by atoms with E-state index in [1.807, 2.05) is 47.1 Å². The van der Waals surface area contributed by atoms with E-state index in [9.17, 15) is 4.79 Å². The first kappa shape index (κ1) is 20.6. The lowest BCUT2D eigenvalue weighted by Gasteiger charge is -2.32. The van der Waals surface area contributed by atoms with E-state index >= 15 is 0 Å². The standard InChI is InChI=1S/C24H23N7O2/c1-2-20(32)30-12-6-7-16(14-30)31-24-21(23(25)27-15-28-24)22(29-31)19-11-10-18(13-26-19)33-17-8-4-3-5-9-17/h2-5,8-11,13,15-16H,1,6-7,12,14H2,(H2,25,27,28)/t16-/m1/s1. The largest absolute Gasteiger partial charge is 0.456 e. The summed E-state index contributed by atoms with van der Waals surface area (Å²) in [6.45, 7) is 4.84. The predicted octanol–water partition coefficient (Wildman–Crippen LogP) is 3.61. The van der Waals surface area contributed by atoms with Crippen molar-refractivity contribution in [1.29, 1.82) is 0 Å². The van der Waals surface area contributed by atoms with Gasteiger partial charge in [0.1, 0.15) is 29.3 Å². The van der Waals surface area contributed by atoms with Crippen LogP contribution in [-0.2, 0) is 4.79 Å². The Morgan fingerprint density at radius 2 is 1.97 bits per heavy atom. The Morgan fingerprint density at radius 3 is 2.73 bits per heavy atom. The lowest BCUT2D eigenvalue weighted by Crippen LogP contribution is -2.40. The van der Waals surface area contributed by atoms with Crippen LogP contribution in [0.4, 0.5) is 5.82 Å². The molecule has 9 nitrogen and oxygen atoms in total. The second kappa shape index (κ2) is 8.70. The summed E-state index contributed by atoms with van der Waals surface area (Å²) in [6.07, 6.45) is 6.17. The normalized spacial score (nSPS) is 16.0. The average molecular weight is 441 g/mol. The molecule has 1 aliphatic heterocycles. The number of anilines is 1. The third-order valence-corrected chi connectivity index (χ3v) is 5.70. The number of fused-ring (bicyclic) bond motifs is 1. The first-order valence-corrected chi connectivity index (χ1v) is 10.7. The van der Waals surface area contributed by atoms with E-state index in [-0.39, 0.29) is 11.9 Å². The zero-order valence-corrected chi connectivity index (χ0v) is 18.0. The summed E-state index contributed by atoms with van der Waals surface area (Å²) in [5, 5.41) is 5.49. The van der Waals surface area contributed by atoms with Crippen LogP contribution in [0.3, 0.4) is 0 Å². The number of benzene rings is 1. The van der Waals surface area contributed by atoms with Gasteiger partial charge in [-0.2, -0.15) is 5.10 Å². The molecular weight excluding hydrogens is 418 g/mol. The number of hydrogen-bond donors (Lipinski definition) is 1. The molecule has 1 saturated heterocycles. The summed E-state index contributed by atoms with van der Waals surface area (Å²) >= 11 is 0. The summed E-state index contributed by atoms with van der Waals surface area (Å²) in [6, 6.07) is 13.2. The maximum atomic E-state index is 12.2. The number of carbonyl (C=O) groups excluding carboxylic acids is 1. The molecule has 9 heteroatoms. The monoisotopic (exact) mass is 441 g/mol. The van der Waals surface area contributed by atoms with Gasteiger partial charge in [-0.3, -0.25) is 9.78 Å². The van der Waals surface area contributed by atoms with E-state index in [4.69, 9.17) is 15.6 Å². The number of rotatable bonds is 5. The number of piperidine rings is 1. The Morgan fingerprint density at radius 1 is 1.12 bits per heavy atom. The fourth-order valence-corrected chi connectivity index (χ4v) is 4.12. The van der Waals surface area contributed by atoms with Gasteiger partial charge in [0.15, 0.2) is 5.65 Å². The molecule has 3 aromatic heterocycles. The molecule has 33 heavy (non-hydrogen) atoms. The summed E-state index contributed by atoms with van der Waals surface area (Å²) < 4.78 is 7.69. The van der Waals surface area contributed by atoms with Crippen molar-refractivity contribution in [2.75, 3.05) is 18.8 Å². The summed E-state index contributed by atoms with van der Waals surface area (Å²) in [5.41, 5.74) is 8.09. The summed E-state index contributed by atoms with van der Waals surface area (Å²) in [5.74, 6) is 1.60. The zero-order valence-electron chi connectivity index (χ0n) is 18.0. The van der Waals surface area contributed by atoms with Crippen LogP contribution in [0.1, 0.15) is 18.9 Å². The number of ether oxygens (including phenoxy) is 1. The molecule has 1 aromatic carbocycles. The van der Waals surface area contributed by atoms with Crippen molar-refractivity contribution in [1.82, 2.24) is 29.6 Å². The SMILES string of the molecule is C=CC(=O)N1CCC[C@@H](n2nc(-c3ccc(Oc4ccccc4)cn3)c3c(N)ncnc32)C1. The minimum atomic E-state index is -0.0822. The number of aromatic nitrogens is 5. The van der Waals surface area contributed by atoms with Gasteiger partial charge < -0.3 is 15.4 Å². The Hall–Kier alpha value is -4.27. The number of hydrogen-bond acceptors (Lipinski definition) is 7. The Labute approximate surface area is 190 Å². The van der Waals surface area contributed by atoms with Gasteiger partial charge in [-0.1, -0.05) is 24.8 Å². The highest BCUT2D eigenvalue weighted by molar-refractivity contribution is 5.97. The van der Waals surface area contributed by atoms with E-state index in [0.717, 1.165) is 18.6 Å². The van der Waals surface area contributed by atoms with Crippen molar-refractivity contribution < 1.29 is 9.53 Å². The molecule has 0 spiro atoms. The molecule has 4 heterocycles. The number of nitrogen functional groups attached to an aromatic ring is 1. The zero-order chi connectivity index (χ0) is 22.8. The van der Waals surface area contributed by atoms with Crippen LogP contribution in [0.2, 0.25) is 0 Å². The molecule has 1 aliphatic rings. The molecular formula is C24H23N7O2. The van der Waals surface area contributed by atoms with Gasteiger partial charge in [-0.15, -0.1) is 0 Å². The number of nitrogens with zero attached hydrogens (tertiary/aromatic N) is 6. The van der Waals surface area contributed by atoms with Gasteiger partial charge in [-0.05, 0) is 43.2 Å². The van der Waals surface area contributed by atoms with Gasteiger partial charge in [-0.25, -0.2) is 14.6 Å². The van der Waals surface area contributed by atoms with Gasteiger partial charge in [0, 0.05) is 13.1 Å². The third-order valence-electron chi connectivity index (χ3n) is 5.70. The smallest absolute Gasteiger partial charge is 0.246 e. The second-order valence-corrected chi connectivity index (χ2v) is 7.83. The van der Waals surface area contributed by atoms with Crippen molar-refractivity contribution >= 4 is 22.8 Å². The summed E-state index contributed by atoms with van der Waals surface area (Å²) in [4.78, 5) is 27.1. The second-order valence-electron chi connectivity index (χ2n) is 7.83. The fourth-order valence-electron chi connectivity index (χ4n) is 4.12. The maximum Gasteiger partial charge on any atom is 0.246 e. The molecule has 0 aliphatic carbocycles. The van der Waals surface area contributed by atoms with Crippen LogP contribution in [0.15, 0.2) is 67.6 Å². The molecule has 166 valence electrons. The third kappa shape index (κ3) is 4.00. The fraction of sp³-hybridized carbons (Fsp3) is 0.208. The molecule has 1 amide bonds. The van der Waals surface area contributed by atoms with Crippen LogP contribution in [-0.4, -0.2) is 48.6 Å². The maximum absolute atomic E-state index is 12.2. The summed E-state index contributed by atoms with van der Waals surface area (Å²) in [7, 11) is 0. The van der Waals surface area contributed by atoms with E-state index < -0.39 is 0 Å².